The second-order valence-electron chi connectivity index (χ2n) is 11.1. The third kappa shape index (κ3) is 3.31. The van der Waals surface area contributed by atoms with Gasteiger partial charge >= 0.3 is 11.9 Å². The number of hydrogen-bond donors (Lipinski definition) is 0. The van der Waals surface area contributed by atoms with Crippen LogP contribution in [0.15, 0.2) is 0 Å². The number of hydrogen-bond acceptors (Lipinski definition) is 5. The highest BCUT2D eigenvalue weighted by Gasteiger charge is 2.64. The molecular weight excluding hydrogens is 380 g/mol. The molecule has 4 aliphatic carbocycles. The molecule has 0 spiro atoms. The Morgan fingerprint density at radius 2 is 1.73 bits per heavy atom. The molecule has 5 heteroatoms. The Balaban J connectivity index is 1.55. The number of esters is 2. The van der Waals surface area contributed by atoms with Crippen LogP contribution in [-0.2, 0) is 23.9 Å². The van der Waals surface area contributed by atoms with E-state index in [0.717, 1.165) is 32.1 Å². The van der Waals surface area contributed by atoms with Gasteiger partial charge in [0.2, 0.25) is 0 Å². The molecule has 0 radical (unpaired) electrons. The van der Waals surface area contributed by atoms with Crippen LogP contribution in [0, 0.1) is 40.4 Å². The Kier molecular flexibility index (Phi) is 5.55. The van der Waals surface area contributed by atoms with Gasteiger partial charge in [-0.2, -0.15) is 0 Å². The highest BCUT2D eigenvalue weighted by molar-refractivity contribution is 5.87. The molecule has 0 bridgehead atoms. The fraction of sp³-hybridized carbons (Fsp3) is 0.880. The summed E-state index contributed by atoms with van der Waals surface area (Å²) >= 11 is 0. The van der Waals surface area contributed by atoms with Crippen LogP contribution < -0.4 is 0 Å². The molecule has 9 atom stereocenters. The van der Waals surface area contributed by atoms with E-state index >= 15 is 0 Å². The zero-order chi connectivity index (χ0) is 21.8. The third-order valence-corrected chi connectivity index (χ3v) is 9.80. The van der Waals surface area contributed by atoms with E-state index in [1.807, 2.05) is 6.92 Å². The lowest BCUT2D eigenvalue weighted by atomic mass is 9.44. The van der Waals surface area contributed by atoms with Crippen LogP contribution in [0.1, 0.15) is 86.0 Å². The minimum Gasteiger partial charge on any atom is -0.463 e. The summed E-state index contributed by atoms with van der Waals surface area (Å²) in [6.45, 7) is 9.49. The minimum absolute atomic E-state index is 0.0436. The molecule has 0 saturated heterocycles. The van der Waals surface area contributed by atoms with Crippen molar-refractivity contribution in [2.45, 2.75) is 98.2 Å². The van der Waals surface area contributed by atoms with Crippen LogP contribution in [-0.4, -0.2) is 29.9 Å². The van der Waals surface area contributed by atoms with E-state index in [-0.39, 0.29) is 40.9 Å². The van der Waals surface area contributed by atoms with Crippen molar-refractivity contribution in [2.24, 2.45) is 40.4 Å². The van der Waals surface area contributed by atoms with Gasteiger partial charge in [-0.25, -0.2) is 0 Å². The third-order valence-electron chi connectivity index (χ3n) is 9.80. The summed E-state index contributed by atoms with van der Waals surface area (Å²) in [5, 5.41) is 0. The van der Waals surface area contributed by atoms with Crippen LogP contribution in [0.5, 0.6) is 0 Å². The van der Waals surface area contributed by atoms with E-state index in [0.29, 0.717) is 35.9 Å². The largest absolute Gasteiger partial charge is 0.463 e. The fourth-order valence-electron chi connectivity index (χ4n) is 8.40. The summed E-state index contributed by atoms with van der Waals surface area (Å²) in [6.07, 6.45) is 7.77. The van der Waals surface area contributed by atoms with Gasteiger partial charge in [-0.1, -0.05) is 13.8 Å². The molecule has 4 rings (SSSR count). The first-order valence-electron chi connectivity index (χ1n) is 11.9. The zero-order valence-corrected chi connectivity index (χ0v) is 19.2. The second-order valence-corrected chi connectivity index (χ2v) is 11.1. The summed E-state index contributed by atoms with van der Waals surface area (Å²) in [6, 6.07) is 0. The number of carbonyl (C=O) groups excluding carboxylic acids is 3. The van der Waals surface area contributed by atoms with E-state index in [1.165, 1.54) is 26.7 Å². The van der Waals surface area contributed by atoms with Crippen LogP contribution in [0.2, 0.25) is 0 Å². The van der Waals surface area contributed by atoms with Crippen molar-refractivity contribution in [3.05, 3.63) is 0 Å². The smallest absolute Gasteiger partial charge is 0.302 e. The molecule has 5 nitrogen and oxygen atoms in total. The average Bonchev–Trinajstić information content (AvgIpc) is 3.01. The molecule has 4 fully saturated rings. The summed E-state index contributed by atoms with van der Waals surface area (Å²) in [4.78, 5) is 36.6. The molecule has 0 heterocycles. The number of ether oxygens (including phenoxy) is 2. The summed E-state index contributed by atoms with van der Waals surface area (Å²) < 4.78 is 11.1. The number of Topliss-reactive ketones (excluding diaryl/α,β-unsaturated/α-hetero) is 1. The maximum absolute atomic E-state index is 13.7. The van der Waals surface area contributed by atoms with Gasteiger partial charge in [0.25, 0.3) is 0 Å². The minimum atomic E-state index is -0.367. The van der Waals surface area contributed by atoms with Gasteiger partial charge in [-0.05, 0) is 81.0 Å². The predicted molar refractivity (Wildman–Crippen MR) is 112 cm³/mol. The van der Waals surface area contributed by atoms with Crippen molar-refractivity contribution in [3.63, 3.8) is 0 Å². The predicted octanol–water partition coefficient (Wildman–Crippen LogP) is 4.71. The SMILES string of the molecule is CC(=O)OC(C)[C@H]1CC[C@H]2[C@@H]3CCC4C[C@H](OC(C)=O)CC[C@]4(C)[C@H]3CC(=O)[C@]12C. The van der Waals surface area contributed by atoms with E-state index in [2.05, 4.69) is 13.8 Å². The van der Waals surface area contributed by atoms with Crippen LogP contribution in [0.25, 0.3) is 0 Å². The molecule has 168 valence electrons. The van der Waals surface area contributed by atoms with E-state index in [1.54, 1.807) is 0 Å². The molecular formula is C25H38O5. The molecule has 4 aliphatic rings. The van der Waals surface area contributed by atoms with Crippen LogP contribution in [0.3, 0.4) is 0 Å². The Morgan fingerprint density at radius 1 is 1.00 bits per heavy atom. The lowest BCUT2D eigenvalue weighted by Gasteiger charge is -2.60. The summed E-state index contributed by atoms with van der Waals surface area (Å²) in [5.74, 6) is 2.02. The van der Waals surface area contributed by atoms with Crippen LogP contribution in [0.4, 0.5) is 0 Å². The van der Waals surface area contributed by atoms with Crippen LogP contribution >= 0.6 is 0 Å². The number of carbonyl (C=O) groups is 3. The van der Waals surface area contributed by atoms with Gasteiger partial charge in [0.15, 0.2) is 0 Å². The van der Waals surface area contributed by atoms with Gasteiger partial charge in [-0.3, -0.25) is 14.4 Å². The average molecular weight is 419 g/mol. The number of rotatable bonds is 3. The standard InChI is InChI=1S/C25H38O5/c1-14(29-15(2)26)20-8-9-21-19-7-6-17-12-18(30-16(3)27)10-11-24(17,4)22(19)13-23(28)25(20,21)5/h14,17-22H,6-13H2,1-5H3/t14?,17?,18-,19+,20-,21+,22+,24+,25-/m1/s1. The van der Waals surface area contributed by atoms with E-state index < -0.39 is 0 Å². The Morgan fingerprint density at radius 3 is 2.40 bits per heavy atom. The quantitative estimate of drug-likeness (QED) is 0.621. The van der Waals surface area contributed by atoms with Crippen molar-refractivity contribution >= 4 is 17.7 Å². The van der Waals surface area contributed by atoms with E-state index in [9.17, 15) is 14.4 Å². The first kappa shape index (κ1) is 21.8. The molecule has 0 N–H and O–H groups in total. The first-order chi connectivity index (χ1) is 14.1. The van der Waals surface area contributed by atoms with Gasteiger partial charge in [0.05, 0.1) is 0 Å². The molecule has 0 aromatic rings. The lowest BCUT2D eigenvalue weighted by Crippen LogP contribution is -2.58. The monoisotopic (exact) mass is 418 g/mol. The highest BCUT2D eigenvalue weighted by atomic mass is 16.5. The Bertz CT molecular complexity index is 731. The Hall–Kier alpha value is -1.39. The molecule has 2 unspecified atom stereocenters. The van der Waals surface area contributed by atoms with Gasteiger partial charge < -0.3 is 9.47 Å². The number of fused-ring (bicyclic) bond motifs is 5. The summed E-state index contributed by atoms with van der Waals surface area (Å²) in [7, 11) is 0. The van der Waals surface area contributed by atoms with Crippen molar-refractivity contribution in [3.8, 4) is 0 Å². The van der Waals surface area contributed by atoms with Crippen molar-refractivity contribution < 1.29 is 23.9 Å². The number of ketones is 1. The van der Waals surface area contributed by atoms with E-state index in [4.69, 9.17) is 9.47 Å². The molecule has 0 aromatic heterocycles. The van der Waals surface area contributed by atoms with Gasteiger partial charge in [0, 0.05) is 31.6 Å². The molecule has 30 heavy (non-hydrogen) atoms. The molecule has 0 amide bonds. The van der Waals surface area contributed by atoms with Crippen molar-refractivity contribution in [1.82, 2.24) is 0 Å². The molecule has 0 aliphatic heterocycles. The highest BCUT2D eigenvalue weighted by Crippen LogP contribution is 2.67. The van der Waals surface area contributed by atoms with Crippen molar-refractivity contribution in [1.29, 1.82) is 0 Å². The zero-order valence-electron chi connectivity index (χ0n) is 19.2. The lowest BCUT2D eigenvalue weighted by molar-refractivity contribution is -0.171. The molecule has 4 saturated carbocycles. The summed E-state index contributed by atoms with van der Waals surface area (Å²) in [5.41, 5.74) is -0.204. The van der Waals surface area contributed by atoms with Crippen molar-refractivity contribution in [2.75, 3.05) is 0 Å². The van der Waals surface area contributed by atoms with Gasteiger partial charge in [-0.15, -0.1) is 0 Å². The fourth-order valence-corrected chi connectivity index (χ4v) is 8.40. The second kappa shape index (κ2) is 7.63. The normalized spacial score (nSPS) is 46.2. The van der Waals surface area contributed by atoms with Gasteiger partial charge in [0.1, 0.15) is 18.0 Å². The molecule has 0 aromatic carbocycles. The first-order valence-corrected chi connectivity index (χ1v) is 11.9. The topological polar surface area (TPSA) is 69.7 Å². The maximum Gasteiger partial charge on any atom is 0.302 e. The Labute approximate surface area is 180 Å². The maximum atomic E-state index is 13.7.